The van der Waals surface area contributed by atoms with E-state index in [1.807, 2.05) is 31.2 Å². The van der Waals surface area contributed by atoms with E-state index in [2.05, 4.69) is 11.9 Å². The molecule has 0 amide bonds. The molecule has 1 aromatic carbocycles. The van der Waals surface area contributed by atoms with Crippen molar-refractivity contribution >= 4 is 23.4 Å². The Hall–Kier alpha value is -2.07. The first kappa shape index (κ1) is 18.3. The molecule has 0 unspecified atom stereocenters. The number of carbonyl (C=O) groups excluding carboxylic acids is 2. The Labute approximate surface area is 164 Å². The first-order valence-corrected chi connectivity index (χ1v) is 10.0. The summed E-state index contributed by atoms with van der Waals surface area (Å²) in [6.45, 7) is 3.96. The van der Waals surface area contributed by atoms with E-state index in [-0.39, 0.29) is 23.8 Å². The van der Waals surface area contributed by atoms with E-state index in [0.717, 1.165) is 36.1 Å². The number of aromatic nitrogens is 1. The smallest absolute Gasteiger partial charge is 0.355 e. The number of benzene rings is 1. The van der Waals surface area contributed by atoms with E-state index in [9.17, 15) is 9.59 Å². The van der Waals surface area contributed by atoms with Crippen LogP contribution in [0.1, 0.15) is 76.2 Å². The Bertz CT molecular complexity index is 884. The number of fused-ring (bicyclic) bond motifs is 1. The number of esters is 1. The van der Waals surface area contributed by atoms with Crippen LogP contribution in [0.15, 0.2) is 24.3 Å². The van der Waals surface area contributed by atoms with Gasteiger partial charge in [-0.05, 0) is 67.7 Å². The average molecular weight is 386 g/mol. The van der Waals surface area contributed by atoms with Gasteiger partial charge in [0.1, 0.15) is 11.8 Å². The Morgan fingerprint density at radius 3 is 2.59 bits per heavy atom. The minimum Gasteiger partial charge on any atom is -0.457 e. The third kappa shape index (κ3) is 3.43. The van der Waals surface area contributed by atoms with Crippen LogP contribution in [0.2, 0.25) is 5.02 Å². The summed E-state index contributed by atoms with van der Waals surface area (Å²) in [5, 5.41) is 0.684. The van der Waals surface area contributed by atoms with Gasteiger partial charge in [0.05, 0.1) is 0 Å². The van der Waals surface area contributed by atoms with Crippen molar-refractivity contribution < 1.29 is 14.3 Å². The highest BCUT2D eigenvalue weighted by Gasteiger charge is 2.34. The van der Waals surface area contributed by atoms with Gasteiger partial charge in [-0.2, -0.15) is 0 Å². The molecule has 4 rings (SSSR count). The Morgan fingerprint density at radius 1 is 1.19 bits per heavy atom. The largest absolute Gasteiger partial charge is 0.457 e. The van der Waals surface area contributed by atoms with E-state index < -0.39 is 0 Å². The standard InChI is InChI=1S/C22H24ClNO3/c1-12-4-3-5-19(12)27-22(26)21-13(2)20-17(24-21)10-15(11-18(20)25)14-6-8-16(23)9-7-14/h6-9,12,15,19,24H,3-5,10-11H2,1-2H3/t12-,15-,19-/m1/s1. The van der Waals surface area contributed by atoms with E-state index >= 15 is 0 Å². The van der Waals surface area contributed by atoms with Gasteiger partial charge < -0.3 is 9.72 Å². The van der Waals surface area contributed by atoms with Crippen LogP contribution in [-0.4, -0.2) is 22.8 Å². The Morgan fingerprint density at radius 2 is 1.93 bits per heavy atom. The molecule has 2 aromatic rings. The van der Waals surface area contributed by atoms with Crippen LogP contribution in [0.25, 0.3) is 0 Å². The summed E-state index contributed by atoms with van der Waals surface area (Å²) in [5.41, 5.74) is 3.76. The monoisotopic (exact) mass is 385 g/mol. The van der Waals surface area contributed by atoms with Crippen molar-refractivity contribution in [3.05, 3.63) is 57.4 Å². The molecule has 1 N–H and O–H groups in total. The van der Waals surface area contributed by atoms with Gasteiger partial charge in [-0.25, -0.2) is 4.79 Å². The van der Waals surface area contributed by atoms with Crippen LogP contribution in [-0.2, 0) is 11.2 Å². The molecule has 27 heavy (non-hydrogen) atoms. The predicted molar refractivity (Wildman–Crippen MR) is 105 cm³/mol. The number of hydrogen-bond donors (Lipinski definition) is 1. The molecule has 1 heterocycles. The molecule has 0 radical (unpaired) electrons. The molecule has 0 bridgehead atoms. The second kappa shape index (κ2) is 7.16. The Balaban J connectivity index is 1.58. The molecule has 142 valence electrons. The first-order valence-electron chi connectivity index (χ1n) is 9.65. The molecule has 5 heteroatoms. The van der Waals surface area contributed by atoms with Crippen LogP contribution in [0.4, 0.5) is 0 Å². The highest BCUT2D eigenvalue weighted by Crippen LogP contribution is 2.36. The molecule has 3 atom stereocenters. The van der Waals surface area contributed by atoms with Crippen molar-refractivity contribution in [1.29, 1.82) is 0 Å². The molecule has 1 saturated carbocycles. The maximum atomic E-state index is 12.8. The third-order valence-corrected chi connectivity index (χ3v) is 6.33. The lowest BCUT2D eigenvalue weighted by Crippen LogP contribution is -2.21. The third-order valence-electron chi connectivity index (χ3n) is 6.08. The number of halogens is 1. The number of H-pyrrole nitrogens is 1. The molecule has 2 aliphatic rings. The van der Waals surface area contributed by atoms with Crippen LogP contribution < -0.4 is 0 Å². The average Bonchev–Trinajstić information content (AvgIpc) is 3.19. The van der Waals surface area contributed by atoms with E-state index in [1.165, 1.54) is 0 Å². The first-order chi connectivity index (χ1) is 12.9. The molecular formula is C22H24ClNO3. The van der Waals surface area contributed by atoms with Gasteiger partial charge in [0, 0.05) is 22.7 Å². The summed E-state index contributed by atoms with van der Waals surface area (Å²) in [5.74, 6) is 0.239. The molecular weight excluding hydrogens is 362 g/mol. The lowest BCUT2D eigenvalue weighted by Gasteiger charge is -2.22. The zero-order valence-electron chi connectivity index (χ0n) is 15.7. The van der Waals surface area contributed by atoms with Gasteiger partial charge in [-0.1, -0.05) is 30.7 Å². The van der Waals surface area contributed by atoms with Crippen LogP contribution >= 0.6 is 11.6 Å². The SMILES string of the molecule is Cc1c(C(=O)O[C@@H]2CCC[C@H]2C)[nH]c2c1C(=O)C[C@H](c1ccc(Cl)cc1)C2. The highest BCUT2D eigenvalue weighted by molar-refractivity contribution is 6.30. The minimum absolute atomic E-state index is 0.0188. The molecule has 0 saturated heterocycles. The number of rotatable bonds is 3. The van der Waals surface area contributed by atoms with Crippen LogP contribution in [0, 0.1) is 12.8 Å². The number of carbonyl (C=O) groups is 2. The maximum absolute atomic E-state index is 12.8. The number of hydrogen-bond acceptors (Lipinski definition) is 3. The molecule has 1 fully saturated rings. The second-order valence-corrected chi connectivity index (χ2v) is 8.35. The number of Topliss-reactive ketones (excluding diaryl/α,β-unsaturated/α-hetero) is 1. The van der Waals surface area contributed by atoms with Gasteiger partial charge >= 0.3 is 5.97 Å². The van der Waals surface area contributed by atoms with E-state index in [4.69, 9.17) is 16.3 Å². The Kier molecular flexibility index (Phi) is 4.85. The normalized spacial score (nSPS) is 24.7. The number of aromatic amines is 1. The van der Waals surface area contributed by atoms with Crippen molar-refractivity contribution in [2.45, 2.75) is 58.0 Å². The molecule has 2 aliphatic carbocycles. The predicted octanol–water partition coefficient (Wildman–Crippen LogP) is 5.23. The minimum atomic E-state index is -0.337. The summed E-state index contributed by atoms with van der Waals surface area (Å²) in [7, 11) is 0. The lowest BCUT2D eigenvalue weighted by atomic mass is 9.81. The van der Waals surface area contributed by atoms with Gasteiger partial charge in [-0.3, -0.25) is 4.79 Å². The van der Waals surface area contributed by atoms with Crippen molar-refractivity contribution in [2.24, 2.45) is 5.92 Å². The van der Waals surface area contributed by atoms with Crippen molar-refractivity contribution in [1.82, 2.24) is 4.98 Å². The molecule has 0 aliphatic heterocycles. The fraction of sp³-hybridized carbons (Fsp3) is 0.455. The van der Waals surface area contributed by atoms with Crippen molar-refractivity contribution in [2.75, 3.05) is 0 Å². The van der Waals surface area contributed by atoms with Crippen LogP contribution in [0.5, 0.6) is 0 Å². The molecule has 0 spiro atoms. The summed E-state index contributed by atoms with van der Waals surface area (Å²) >= 11 is 5.97. The molecule has 4 nitrogen and oxygen atoms in total. The van der Waals surface area contributed by atoms with Gasteiger partial charge in [0.15, 0.2) is 5.78 Å². The van der Waals surface area contributed by atoms with E-state index in [0.29, 0.717) is 35.0 Å². The summed E-state index contributed by atoms with van der Waals surface area (Å²) in [6.07, 6.45) is 4.25. The number of nitrogens with one attached hydrogen (secondary N) is 1. The summed E-state index contributed by atoms with van der Waals surface area (Å²) in [4.78, 5) is 28.7. The lowest BCUT2D eigenvalue weighted by molar-refractivity contribution is 0.0219. The van der Waals surface area contributed by atoms with Crippen LogP contribution in [0.3, 0.4) is 0 Å². The van der Waals surface area contributed by atoms with Gasteiger partial charge in [0.25, 0.3) is 0 Å². The van der Waals surface area contributed by atoms with Crippen molar-refractivity contribution in [3.63, 3.8) is 0 Å². The fourth-order valence-electron chi connectivity index (χ4n) is 4.49. The fourth-order valence-corrected chi connectivity index (χ4v) is 4.62. The quantitative estimate of drug-likeness (QED) is 0.735. The van der Waals surface area contributed by atoms with Gasteiger partial charge in [0.2, 0.25) is 0 Å². The summed E-state index contributed by atoms with van der Waals surface area (Å²) in [6, 6.07) is 7.64. The zero-order chi connectivity index (χ0) is 19.1. The van der Waals surface area contributed by atoms with Crippen molar-refractivity contribution in [3.8, 4) is 0 Å². The zero-order valence-corrected chi connectivity index (χ0v) is 16.4. The number of ether oxygens (including phenoxy) is 1. The highest BCUT2D eigenvalue weighted by atomic mass is 35.5. The topological polar surface area (TPSA) is 59.2 Å². The number of ketones is 1. The molecule has 1 aromatic heterocycles. The second-order valence-electron chi connectivity index (χ2n) is 7.91. The summed E-state index contributed by atoms with van der Waals surface area (Å²) < 4.78 is 5.73. The van der Waals surface area contributed by atoms with Gasteiger partial charge in [-0.15, -0.1) is 0 Å². The maximum Gasteiger partial charge on any atom is 0.355 e. The van der Waals surface area contributed by atoms with E-state index in [1.54, 1.807) is 0 Å².